The van der Waals surface area contributed by atoms with Gasteiger partial charge in [0.2, 0.25) is 0 Å². The third kappa shape index (κ3) is 4.73. The van der Waals surface area contributed by atoms with Gasteiger partial charge < -0.3 is 11.1 Å². The van der Waals surface area contributed by atoms with E-state index in [9.17, 15) is 14.9 Å². The highest BCUT2D eigenvalue weighted by atomic mass is 35.5. The minimum Gasteiger partial charge on any atom is -0.350 e. The van der Waals surface area contributed by atoms with Gasteiger partial charge in [-0.2, -0.15) is 5.10 Å². The molecule has 10 heteroatoms. The van der Waals surface area contributed by atoms with Gasteiger partial charge in [-0.25, -0.2) is 9.67 Å². The van der Waals surface area contributed by atoms with Crippen molar-refractivity contribution in [2.45, 2.75) is 19.4 Å². The van der Waals surface area contributed by atoms with Crippen LogP contribution < -0.4 is 11.1 Å². The Hall–Kier alpha value is -2.52. The SMILES string of the molecule is CC(C)(N)CNC(=O)c1ccc(-n2cncn2)c([N+](=O)[O-])c1.Cl. The van der Waals surface area contributed by atoms with Crippen molar-refractivity contribution in [3.05, 3.63) is 46.5 Å². The normalized spacial score (nSPS) is 10.7. The summed E-state index contributed by atoms with van der Waals surface area (Å²) in [5, 5.41) is 17.7. The van der Waals surface area contributed by atoms with Crippen LogP contribution in [0.2, 0.25) is 0 Å². The molecule has 0 saturated heterocycles. The Kier molecular flexibility index (Phi) is 5.77. The van der Waals surface area contributed by atoms with Gasteiger partial charge in [0, 0.05) is 23.7 Å². The molecule has 9 nitrogen and oxygen atoms in total. The predicted molar refractivity (Wildman–Crippen MR) is 85.9 cm³/mol. The van der Waals surface area contributed by atoms with E-state index in [1.807, 2.05) is 0 Å². The second-order valence-electron chi connectivity index (χ2n) is 5.47. The zero-order valence-electron chi connectivity index (χ0n) is 12.6. The van der Waals surface area contributed by atoms with Gasteiger partial charge in [0.05, 0.1) is 4.92 Å². The van der Waals surface area contributed by atoms with Gasteiger partial charge in [-0.1, -0.05) is 0 Å². The minimum atomic E-state index is -0.569. The molecule has 0 saturated carbocycles. The van der Waals surface area contributed by atoms with E-state index >= 15 is 0 Å². The number of halogens is 1. The Bertz CT molecular complexity index is 696. The minimum absolute atomic E-state index is 0. The molecule has 0 aliphatic carbocycles. The van der Waals surface area contributed by atoms with E-state index in [0.717, 1.165) is 0 Å². The van der Waals surface area contributed by atoms with Gasteiger partial charge in [-0.05, 0) is 26.0 Å². The summed E-state index contributed by atoms with van der Waals surface area (Å²) >= 11 is 0. The lowest BCUT2D eigenvalue weighted by Crippen LogP contribution is -2.45. The monoisotopic (exact) mass is 340 g/mol. The molecule has 0 atom stereocenters. The Morgan fingerprint density at radius 3 is 2.70 bits per heavy atom. The highest BCUT2D eigenvalue weighted by Crippen LogP contribution is 2.23. The number of nitrogens with zero attached hydrogens (tertiary/aromatic N) is 4. The van der Waals surface area contributed by atoms with Crippen molar-refractivity contribution in [1.82, 2.24) is 20.1 Å². The zero-order chi connectivity index (χ0) is 16.3. The molecule has 124 valence electrons. The van der Waals surface area contributed by atoms with Crippen LogP contribution in [0.5, 0.6) is 0 Å². The van der Waals surface area contributed by atoms with Crippen LogP contribution in [0, 0.1) is 10.1 Å². The number of hydrogen-bond acceptors (Lipinski definition) is 6. The molecule has 0 unspecified atom stereocenters. The molecular formula is C13H17ClN6O3. The number of nitrogens with two attached hydrogens (primary N) is 1. The number of nitrogens with one attached hydrogen (secondary N) is 1. The average Bonchev–Trinajstić information content (AvgIpc) is 2.97. The molecule has 0 radical (unpaired) electrons. The predicted octanol–water partition coefficient (Wildman–Crippen LogP) is 1.06. The maximum atomic E-state index is 12.0. The van der Waals surface area contributed by atoms with E-state index in [0.29, 0.717) is 0 Å². The molecule has 1 heterocycles. The summed E-state index contributed by atoms with van der Waals surface area (Å²) in [5.74, 6) is -0.424. The fourth-order valence-corrected chi connectivity index (χ4v) is 1.75. The van der Waals surface area contributed by atoms with E-state index < -0.39 is 16.4 Å². The van der Waals surface area contributed by atoms with Gasteiger partial charge in [0.25, 0.3) is 11.6 Å². The fourth-order valence-electron chi connectivity index (χ4n) is 1.75. The first kappa shape index (κ1) is 18.5. The summed E-state index contributed by atoms with van der Waals surface area (Å²) in [4.78, 5) is 26.4. The van der Waals surface area contributed by atoms with Crippen molar-refractivity contribution >= 4 is 24.0 Å². The van der Waals surface area contributed by atoms with Crippen molar-refractivity contribution in [1.29, 1.82) is 0 Å². The van der Waals surface area contributed by atoms with Crippen LogP contribution in [-0.2, 0) is 0 Å². The first-order valence-corrected chi connectivity index (χ1v) is 6.48. The molecule has 0 spiro atoms. The van der Waals surface area contributed by atoms with Crippen molar-refractivity contribution in [3.8, 4) is 5.69 Å². The quantitative estimate of drug-likeness (QED) is 0.618. The number of hydrogen-bond donors (Lipinski definition) is 2. The summed E-state index contributed by atoms with van der Waals surface area (Å²) in [5.41, 5.74) is 5.40. The van der Waals surface area contributed by atoms with E-state index in [2.05, 4.69) is 15.4 Å². The summed E-state index contributed by atoms with van der Waals surface area (Å²) in [6, 6.07) is 4.15. The molecule has 0 fully saturated rings. The highest BCUT2D eigenvalue weighted by Gasteiger charge is 2.20. The number of aromatic nitrogens is 3. The number of nitro benzene ring substituents is 1. The first-order valence-electron chi connectivity index (χ1n) is 6.48. The van der Waals surface area contributed by atoms with Gasteiger partial charge in [-0.3, -0.25) is 14.9 Å². The first-order chi connectivity index (χ1) is 10.3. The molecular weight excluding hydrogens is 324 g/mol. The molecule has 23 heavy (non-hydrogen) atoms. The maximum absolute atomic E-state index is 12.0. The molecule has 0 aliphatic rings. The number of carbonyl (C=O) groups excluding carboxylic acids is 1. The standard InChI is InChI=1S/C13H16N6O3.ClH/c1-13(2,14)6-16-12(20)9-3-4-10(11(5-9)19(21)22)18-8-15-7-17-18;/h3-5,7-8H,6,14H2,1-2H3,(H,16,20);1H. The third-order valence-corrected chi connectivity index (χ3v) is 2.80. The van der Waals surface area contributed by atoms with Crippen LogP contribution in [0.1, 0.15) is 24.2 Å². The summed E-state index contributed by atoms with van der Waals surface area (Å²) < 4.78 is 1.27. The molecule has 0 aliphatic heterocycles. The van der Waals surface area contributed by atoms with Gasteiger partial charge in [0.15, 0.2) is 0 Å². The number of nitro groups is 1. The molecule has 2 aromatic rings. The van der Waals surface area contributed by atoms with Gasteiger partial charge in [-0.15, -0.1) is 12.4 Å². The molecule has 1 aromatic heterocycles. The number of benzene rings is 1. The van der Waals surface area contributed by atoms with Gasteiger partial charge >= 0.3 is 0 Å². The fraction of sp³-hybridized carbons (Fsp3) is 0.308. The lowest BCUT2D eigenvalue weighted by atomic mass is 10.1. The van der Waals surface area contributed by atoms with Crippen LogP contribution in [0.15, 0.2) is 30.9 Å². The van der Waals surface area contributed by atoms with Crippen molar-refractivity contribution < 1.29 is 9.72 Å². The molecule has 0 bridgehead atoms. The lowest BCUT2D eigenvalue weighted by Gasteiger charge is -2.18. The van der Waals surface area contributed by atoms with Crippen LogP contribution >= 0.6 is 12.4 Å². The van der Waals surface area contributed by atoms with Crippen molar-refractivity contribution in [2.24, 2.45) is 5.73 Å². The summed E-state index contributed by atoms with van der Waals surface area (Å²) in [6.45, 7) is 3.79. The summed E-state index contributed by atoms with van der Waals surface area (Å²) in [7, 11) is 0. The number of carbonyl (C=O) groups is 1. The third-order valence-electron chi connectivity index (χ3n) is 2.80. The van der Waals surface area contributed by atoms with E-state index in [4.69, 9.17) is 5.73 Å². The topological polar surface area (TPSA) is 129 Å². The van der Waals surface area contributed by atoms with Gasteiger partial charge in [0.1, 0.15) is 18.3 Å². The second-order valence-corrected chi connectivity index (χ2v) is 5.47. The van der Waals surface area contributed by atoms with Crippen LogP contribution in [0.4, 0.5) is 5.69 Å². The molecule has 2 rings (SSSR count). The summed E-state index contributed by atoms with van der Waals surface area (Å²) in [6.07, 6.45) is 2.62. The van der Waals surface area contributed by atoms with E-state index in [1.54, 1.807) is 13.8 Å². The maximum Gasteiger partial charge on any atom is 0.295 e. The molecule has 3 N–H and O–H groups in total. The lowest BCUT2D eigenvalue weighted by molar-refractivity contribution is -0.384. The van der Waals surface area contributed by atoms with Crippen LogP contribution in [0.25, 0.3) is 5.69 Å². The van der Waals surface area contributed by atoms with Crippen LogP contribution in [0.3, 0.4) is 0 Å². The Morgan fingerprint density at radius 1 is 1.48 bits per heavy atom. The highest BCUT2D eigenvalue weighted by molar-refractivity contribution is 5.95. The average molecular weight is 341 g/mol. The van der Waals surface area contributed by atoms with Crippen LogP contribution in [-0.4, -0.2) is 37.7 Å². The Labute approximate surface area is 138 Å². The Balaban J connectivity index is 0.00000264. The second kappa shape index (κ2) is 7.16. The Morgan fingerprint density at radius 2 is 2.17 bits per heavy atom. The van der Waals surface area contributed by atoms with E-state index in [-0.39, 0.29) is 35.9 Å². The number of rotatable bonds is 5. The van der Waals surface area contributed by atoms with Crippen molar-refractivity contribution in [2.75, 3.05) is 6.54 Å². The zero-order valence-corrected chi connectivity index (χ0v) is 13.4. The van der Waals surface area contributed by atoms with Crippen molar-refractivity contribution in [3.63, 3.8) is 0 Å². The molecule has 1 amide bonds. The number of amides is 1. The van der Waals surface area contributed by atoms with E-state index in [1.165, 1.54) is 35.5 Å². The smallest absolute Gasteiger partial charge is 0.295 e. The largest absolute Gasteiger partial charge is 0.350 e. The molecule has 1 aromatic carbocycles.